The third-order valence-electron chi connectivity index (χ3n) is 3.48. The highest BCUT2D eigenvalue weighted by Gasteiger charge is 2.15. The first-order valence-corrected chi connectivity index (χ1v) is 7.33. The van der Waals surface area contributed by atoms with Gasteiger partial charge >= 0.3 is 0 Å². The molecule has 1 N–H and O–H groups in total. The Bertz CT molecular complexity index is 796. The van der Waals surface area contributed by atoms with Crippen molar-refractivity contribution in [1.82, 2.24) is 0 Å². The van der Waals surface area contributed by atoms with Crippen LogP contribution in [0.25, 0.3) is 0 Å². The van der Waals surface area contributed by atoms with Gasteiger partial charge in [-0.1, -0.05) is 60.7 Å². The van der Waals surface area contributed by atoms with Crippen molar-refractivity contribution in [1.29, 1.82) is 0 Å². The highest BCUT2D eigenvalue weighted by atomic mass is 16.5. The number of ether oxygens (including phenoxy) is 1. The van der Waals surface area contributed by atoms with E-state index in [1.54, 1.807) is 18.2 Å². The molecule has 0 saturated carbocycles. The maximum Gasteiger partial charge on any atom is 0.196 e. The molecule has 0 aliphatic heterocycles. The molecule has 3 rings (SSSR count). The van der Waals surface area contributed by atoms with Gasteiger partial charge in [0.05, 0.1) is 5.56 Å². The quantitative estimate of drug-likeness (QED) is 0.718. The number of carbonyl (C=O) groups excluding carboxylic acids is 1. The standard InChI is InChI=1S/C20H16O3/c21-17-11-12-18(20(22)16-9-5-2-6-10-16)19(13-17)23-14-15-7-3-1-4-8-15/h1-13,21H,14H2. The largest absolute Gasteiger partial charge is 0.508 e. The SMILES string of the molecule is O=C(c1ccccc1)c1ccc(O)cc1OCc1ccccc1. The van der Waals surface area contributed by atoms with E-state index < -0.39 is 0 Å². The number of rotatable bonds is 5. The van der Waals surface area contributed by atoms with Gasteiger partial charge in [-0.2, -0.15) is 0 Å². The third kappa shape index (κ3) is 3.58. The summed E-state index contributed by atoms with van der Waals surface area (Å²) in [6.45, 7) is 0.333. The summed E-state index contributed by atoms with van der Waals surface area (Å²) in [5, 5.41) is 9.70. The number of carbonyl (C=O) groups is 1. The molecule has 0 saturated heterocycles. The summed E-state index contributed by atoms with van der Waals surface area (Å²) in [5.74, 6) is 0.314. The van der Waals surface area contributed by atoms with E-state index in [9.17, 15) is 9.90 Å². The summed E-state index contributed by atoms with van der Waals surface area (Å²) in [6.07, 6.45) is 0. The molecular formula is C20H16O3. The molecule has 0 radical (unpaired) electrons. The molecule has 3 aromatic carbocycles. The maximum absolute atomic E-state index is 12.6. The van der Waals surface area contributed by atoms with Crippen LogP contribution in [0.4, 0.5) is 0 Å². The highest BCUT2D eigenvalue weighted by Crippen LogP contribution is 2.27. The van der Waals surface area contributed by atoms with E-state index in [0.29, 0.717) is 23.5 Å². The Labute approximate surface area is 134 Å². The minimum Gasteiger partial charge on any atom is -0.508 e. The Morgan fingerprint density at radius 1 is 0.870 bits per heavy atom. The summed E-state index contributed by atoms with van der Waals surface area (Å²) in [6, 6.07) is 23.2. The summed E-state index contributed by atoms with van der Waals surface area (Å²) in [7, 11) is 0. The van der Waals surface area contributed by atoms with Crippen LogP contribution in [-0.4, -0.2) is 10.9 Å². The molecule has 0 aliphatic carbocycles. The van der Waals surface area contributed by atoms with E-state index in [2.05, 4.69) is 0 Å². The smallest absolute Gasteiger partial charge is 0.196 e. The van der Waals surface area contributed by atoms with Crippen LogP contribution in [0, 0.1) is 0 Å². The van der Waals surface area contributed by atoms with E-state index in [1.807, 2.05) is 48.5 Å². The Morgan fingerprint density at radius 3 is 2.22 bits per heavy atom. The highest BCUT2D eigenvalue weighted by molar-refractivity contribution is 6.10. The molecule has 0 aromatic heterocycles. The van der Waals surface area contributed by atoms with Crippen LogP contribution in [0.3, 0.4) is 0 Å². The fraction of sp³-hybridized carbons (Fsp3) is 0.0500. The van der Waals surface area contributed by atoms with Crippen LogP contribution < -0.4 is 4.74 Å². The van der Waals surface area contributed by atoms with Gasteiger partial charge in [0.2, 0.25) is 0 Å². The first-order valence-electron chi connectivity index (χ1n) is 7.33. The predicted octanol–water partition coefficient (Wildman–Crippen LogP) is 4.20. The molecule has 0 bridgehead atoms. The molecule has 23 heavy (non-hydrogen) atoms. The second-order valence-corrected chi connectivity index (χ2v) is 5.15. The van der Waals surface area contributed by atoms with E-state index in [-0.39, 0.29) is 11.5 Å². The predicted molar refractivity (Wildman–Crippen MR) is 88.8 cm³/mol. The van der Waals surface area contributed by atoms with Crippen molar-refractivity contribution in [2.75, 3.05) is 0 Å². The van der Waals surface area contributed by atoms with Crippen molar-refractivity contribution in [3.63, 3.8) is 0 Å². The lowest BCUT2D eigenvalue weighted by molar-refractivity contribution is 0.103. The van der Waals surface area contributed by atoms with Crippen molar-refractivity contribution in [2.24, 2.45) is 0 Å². The van der Waals surface area contributed by atoms with Crippen LogP contribution in [0.15, 0.2) is 78.9 Å². The lowest BCUT2D eigenvalue weighted by Crippen LogP contribution is -2.05. The Balaban J connectivity index is 1.87. The van der Waals surface area contributed by atoms with Crippen molar-refractivity contribution in [3.05, 3.63) is 95.6 Å². The van der Waals surface area contributed by atoms with Crippen molar-refractivity contribution in [2.45, 2.75) is 6.61 Å². The summed E-state index contributed by atoms with van der Waals surface area (Å²) in [5.41, 5.74) is 2.02. The monoisotopic (exact) mass is 304 g/mol. The first kappa shape index (κ1) is 14.9. The topological polar surface area (TPSA) is 46.5 Å². The zero-order valence-electron chi connectivity index (χ0n) is 12.5. The van der Waals surface area contributed by atoms with E-state index in [4.69, 9.17) is 4.74 Å². The van der Waals surface area contributed by atoms with Gasteiger partial charge < -0.3 is 9.84 Å². The number of phenols is 1. The molecule has 114 valence electrons. The number of aromatic hydroxyl groups is 1. The molecule has 0 amide bonds. The van der Waals surface area contributed by atoms with Gasteiger partial charge in [0.1, 0.15) is 18.1 Å². The van der Waals surface area contributed by atoms with Crippen LogP contribution in [0.1, 0.15) is 21.5 Å². The Hall–Kier alpha value is -3.07. The second kappa shape index (κ2) is 6.79. The van der Waals surface area contributed by atoms with Crippen molar-refractivity contribution in [3.8, 4) is 11.5 Å². The average Bonchev–Trinajstić information content (AvgIpc) is 2.61. The lowest BCUT2D eigenvalue weighted by atomic mass is 10.0. The Morgan fingerprint density at radius 2 is 1.52 bits per heavy atom. The summed E-state index contributed by atoms with van der Waals surface area (Å²) in [4.78, 5) is 12.6. The number of hydrogen-bond donors (Lipinski definition) is 1. The molecule has 0 unspecified atom stereocenters. The fourth-order valence-electron chi connectivity index (χ4n) is 2.30. The Kier molecular flexibility index (Phi) is 4.39. The number of ketones is 1. The first-order chi connectivity index (χ1) is 11.2. The minimum absolute atomic E-state index is 0.0673. The van der Waals surface area contributed by atoms with Crippen molar-refractivity contribution >= 4 is 5.78 Å². The molecule has 0 atom stereocenters. The average molecular weight is 304 g/mol. The van der Waals surface area contributed by atoms with Gasteiger partial charge in [0, 0.05) is 11.6 Å². The summed E-state index contributed by atoms with van der Waals surface area (Å²) >= 11 is 0. The van der Waals surface area contributed by atoms with Gasteiger partial charge in [-0.15, -0.1) is 0 Å². The lowest BCUT2D eigenvalue weighted by Gasteiger charge is -2.11. The van der Waals surface area contributed by atoms with Gasteiger partial charge in [0.25, 0.3) is 0 Å². The van der Waals surface area contributed by atoms with Crippen LogP contribution in [0.5, 0.6) is 11.5 Å². The molecule has 0 spiro atoms. The van der Waals surface area contributed by atoms with Gasteiger partial charge in [0.15, 0.2) is 5.78 Å². The number of hydrogen-bond acceptors (Lipinski definition) is 3. The zero-order chi connectivity index (χ0) is 16.1. The molecule has 3 aromatic rings. The number of benzene rings is 3. The van der Waals surface area contributed by atoms with E-state index in [0.717, 1.165) is 5.56 Å². The molecular weight excluding hydrogens is 288 g/mol. The molecule has 0 heterocycles. The van der Waals surface area contributed by atoms with Gasteiger partial charge in [-0.25, -0.2) is 0 Å². The minimum atomic E-state index is -0.131. The maximum atomic E-state index is 12.6. The molecule has 0 aliphatic rings. The van der Waals surface area contributed by atoms with Crippen LogP contribution in [-0.2, 0) is 6.61 Å². The molecule has 0 fully saturated rings. The van der Waals surface area contributed by atoms with Crippen LogP contribution in [0.2, 0.25) is 0 Å². The van der Waals surface area contributed by atoms with E-state index in [1.165, 1.54) is 12.1 Å². The summed E-state index contributed by atoms with van der Waals surface area (Å²) < 4.78 is 5.77. The van der Waals surface area contributed by atoms with Crippen LogP contribution >= 0.6 is 0 Å². The van der Waals surface area contributed by atoms with Gasteiger partial charge in [-0.3, -0.25) is 4.79 Å². The van der Waals surface area contributed by atoms with E-state index >= 15 is 0 Å². The zero-order valence-corrected chi connectivity index (χ0v) is 12.5. The number of phenolic OH excluding ortho intramolecular Hbond substituents is 1. The van der Waals surface area contributed by atoms with Gasteiger partial charge in [-0.05, 0) is 17.7 Å². The molecule has 3 heteroatoms. The third-order valence-corrected chi connectivity index (χ3v) is 3.48. The second-order valence-electron chi connectivity index (χ2n) is 5.15. The normalized spacial score (nSPS) is 10.3. The van der Waals surface area contributed by atoms with Crippen molar-refractivity contribution < 1.29 is 14.6 Å². The fourth-order valence-corrected chi connectivity index (χ4v) is 2.30. The molecule has 3 nitrogen and oxygen atoms in total.